The standard InChI is InChI=1S/C13H21N5O/c1-18(15)12-5-4-9(7-10(12)14)8-17-13(19)11-3-2-6-16-11/h4-5,7,11,16H,2-3,6,8,14-15H2,1H3,(H,17,19). The van der Waals surface area contributed by atoms with E-state index >= 15 is 0 Å². The van der Waals surface area contributed by atoms with Gasteiger partial charge in [0.2, 0.25) is 5.91 Å². The van der Waals surface area contributed by atoms with Crippen LogP contribution in [-0.2, 0) is 11.3 Å². The molecule has 1 aromatic rings. The first-order chi connectivity index (χ1) is 9.08. The molecule has 1 aliphatic rings. The van der Waals surface area contributed by atoms with Crippen LogP contribution in [0.4, 0.5) is 11.4 Å². The molecule has 1 amide bonds. The highest BCUT2D eigenvalue weighted by atomic mass is 16.2. The molecule has 0 radical (unpaired) electrons. The van der Waals surface area contributed by atoms with Crippen LogP contribution in [0.25, 0.3) is 0 Å². The first-order valence-corrected chi connectivity index (χ1v) is 6.46. The number of carbonyl (C=O) groups excluding carboxylic acids is 1. The Morgan fingerprint density at radius 1 is 1.58 bits per heavy atom. The van der Waals surface area contributed by atoms with Gasteiger partial charge in [-0.2, -0.15) is 0 Å². The number of benzene rings is 1. The zero-order valence-corrected chi connectivity index (χ0v) is 11.1. The van der Waals surface area contributed by atoms with E-state index in [1.54, 1.807) is 7.05 Å². The summed E-state index contributed by atoms with van der Waals surface area (Å²) in [6.07, 6.45) is 1.97. The van der Waals surface area contributed by atoms with Gasteiger partial charge in [0.1, 0.15) is 0 Å². The van der Waals surface area contributed by atoms with Crippen LogP contribution in [0.15, 0.2) is 18.2 Å². The van der Waals surface area contributed by atoms with Crippen molar-refractivity contribution in [3.05, 3.63) is 23.8 Å². The molecule has 1 unspecified atom stereocenters. The molecule has 0 bridgehead atoms. The molecule has 6 heteroatoms. The van der Waals surface area contributed by atoms with Crippen LogP contribution in [-0.4, -0.2) is 25.5 Å². The van der Waals surface area contributed by atoms with Gasteiger partial charge in [0, 0.05) is 13.6 Å². The number of nitrogens with one attached hydrogen (secondary N) is 2. The highest BCUT2D eigenvalue weighted by Crippen LogP contribution is 2.21. The van der Waals surface area contributed by atoms with Crippen molar-refractivity contribution >= 4 is 17.3 Å². The molecule has 1 saturated heterocycles. The molecular weight excluding hydrogens is 242 g/mol. The van der Waals surface area contributed by atoms with Crippen molar-refractivity contribution in [1.29, 1.82) is 0 Å². The minimum absolute atomic E-state index is 0.0493. The Hall–Kier alpha value is -1.79. The van der Waals surface area contributed by atoms with E-state index in [1.807, 2.05) is 18.2 Å². The highest BCUT2D eigenvalue weighted by Gasteiger charge is 2.21. The number of carbonyl (C=O) groups is 1. The Balaban J connectivity index is 1.92. The molecule has 6 nitrogen and oxygen atoms in total. The Morgan fingerprint density at radius 3 is 2.95 bits per heavy atom. The number of hydrogen-bond acceptors (Lipinski definition) is 5. The van der Waals surface area contributed by atoms with E-state index in [-0.39, 0.29) is 11.9 Å². The van der Waals surface area contributed by atoms with Gasteiger partial charge in [-0.05, 0) is 37.1 Å². The fraction of sp³-hybridized carbons (Fsp3) is 0.462. The molecule has 0 spiro atoms. The molecule has 6 N–H and O–H groups in total. The van der Waals surface area contributed by atoms with E-state index in [9.17, 15) is 4.79 Å². The summed E-state index contributed by atoms with van der Waals surface area (Å²) in [5.41, 5.74) is 8.25. The second-order valence-electron chi connectivity index (χ2n) is 4.87. The summed E-state index contributed by atoms with van der Waals surface area (Å²) >= 11 is 0. The molecule has 0 aliphatic carbocycles. The van der Waals surface area contributed by atoms with Crippen molar-refractivity contribution in [2.45, 2.75) is 25.4 Å². The summed E-state index contributed by atoms with van der Waals surface area (Å²) in [6.45, 7) is 1.40. The minimum Gasteiger partial charge on any atom is -0.397 e. The highest BCUT2D eigenvalue weighted by molar-refractivity contribution is 5.82. The van der Waals surface area contributed by atoms with Gasteiger partial charge in [-0.15, -0.1) is 0 Å². The maximum Gasteiger partial charge on any atom is 0.237 e. The van der Waals surface area contributed by atoms with Crippen molar-refractivity contribution < 1.29 is 4.79 Å². The molecular formula is C13H21N5O. The Kier molecular flexibility index (Phi) is 4.24. The van der Waals surface area contributed by atoms with Crippen LogP contribution in [0.5, 0.6) is 0 Å². The maximum atomic E-state index is 11.8. The summed E-state index contributed by atoms with van der Waals surface area (Å²) in [7, 11) is 1.74. The van der Waals surface area contributed by atoms with E-state index in [1.165, 1.54) is 5.01 Å². The van der Waals surface area contributed by atoms with Crippen LogP contribution in [0.3, 0.4) is 0 Å². The van der Waals surface area contributed by atoms with Gasteiger partial charge in [-0.1, -0.05) is 6.07 Å². The fourth-order valence-electron chi connectivity index (χ4n) is 2.26. The Morgan fingerprint density at radius 2 is 2.37 bits per heavy atom. The molecule has 104 valence electrons. The maximum absolute atomic E-state index is 11.8. The second kappa shape index (κ2) is 5.90. The molecule has 0 saturated carbocycles. The number of anilines is 2. The van der Waals surface area contributed by atoms with E-state index in [4.69, 9.17) is 11.6 Å². The summed E-state index contributed by atoms with van der Waals surface area (Å²) in [5, 5.41) is 7.56. The molecule has 2 rings (SSSR count). The molecule has 1 aromatic carbocycles. The van der Waals surface area contributed by atoms with Crippen molar-refractivity contribution in [3.8, 4) is 0 Å². The largest absolute Gasteiger partial charge is 0.397 e. The zero-order chi connectivity index (χ0) is 13.8. The zero-order valence-electron chi connectivity index (χ0n) is 11.1. The predicted octanol–water partition coefficient (Wildman–Crippen LogP) is -0.0531. The monoisotopic (exact) mass is 263 g/mol. The van der Waals surface area contributed by atoms with E-state index in [0.29, 0.717) is 12.2 Å². The lowest BCUT2D eigenvalue weighted by Crippen LogP contribution is -2.40. The number of nitrogen functional groups attached to an aromatic ring is 1. The Labute approximate surface area is 113 Å². The van der Waals surface area contributed by atoms with E-state index in [0.717, 1.165) is 30.6 Å². The average molecular weight is 263 g/mol. The smallest absolute Gasteiger partial charge is 0.237 e. The molecule has 19 heavy (non-hydrogen) atoms. The predicted molar refractivity (Wildman–Crippen MR) is 76.3 cm³/mol. The third-order valence-electron chi connectivity index (χ3n) is 3.32. The average Bonchev–Trinajstić information content (AvgIpc) is 2.89. The van der Waals surface area contributed by atoms with E-state index < -0.39 is 0 Å². The first kappa shape index (κ1) is 13.6. The lowest BCUT2D eigenvalue weighted by Gasteiger charge is -2.16. The number of amides is 1. The number of nitrogens with two attached hydrogens (primary N) is 2. The summed E-state index contributed by atoms with van der Waals surface area (Å²) in [4.78, 5) is 11.8. The van der Waals surface area contributed by atoms with Gasteiger partial charge in [0.25, 0.3) is 0 Å². The van der Waals surface area contributed by atoms with Crippen LogP contribution >= 0.6 is 0 Å². The van der Waals surface area contributed by atoms with Crippen LogP contribution in [0, 0.1) is 0 Å². The number of rotatable bonds is 4. The molecule has 1 aliphatic heterocycles. The van der Waals surface area contributed by atoms with Crippen LogP contribution in [0.1, 0.15) is 18.4 Å². The van der Waals surface area contributed by atoms with Crippen LogP contribution < -0.4 is 27.2 Å². The second-order valence-corrected chi connectivity index (χ2v) is 4.87. The first-order valence-electron chi connectivity index (χ1n) is 6.46. The number of nitrogens with zero attached hydrogens (tertiary/aromatic N) is 1. The van der Waals surface area contributed by atoms with Crippen LogP contribution in [0.2, 0.25) is 0 Å². The van der Waals surface area contributed by atoms with Gasteiger partial charge in [0.15, 0.2) is 0 Å². The fourth-order valence-corrected chi connectivity index (χ4v) is 2.26. The van der Waals surface area contributed by atoms with Gasteiger partial charge >= 0.3 is 0 Å². The van der Waals surface area contributed by atoms with Crippen molar-refractivity contribution in [2.75, 3.05) is 24.3 Å². The SMILES string of the molecule is CN(N)c1ccc(CNC(=O)C2CCCN2)cc1N. The molecule has 1 fully saturated rings. The Bertz CT molecular complexity index is 454. The lowest BCUT2D eigenvalue weighted by molar-refractivity contribution is -0.122. The topological polar surface area (TPSA) is 96.4 Å². The summed E-state index contributed by atoms with van der Waals surface area (Å²) < 4.78 is 0. The van der Waals surface area contributed by atoms with Gasteiger partial charge in [-0.3, -0.25) is 4.79 Å². The van der Waals surface area contributed by atoms with Crippen molar-refractivity contribution in [1.82, 2.24) is 10.6 Å². The lowest BCUT2D eigenvalue weighted by atomic mass is 10.1. The van der Waals surface area contributed by atoms with Gasteiger partial charge in [-0.25, -0.2) is 5.84 Å². The van der Waals surface area contributed by atoms with Crippen molar-refractivity contribution in [2.24, 2.45) is 5.84 Å². The normalized spacial score (nSPS) is 18.3. The minimum atomic E-state index is -0.0493. The molecule has 0 aromatic heterocycles. The van der Waals surface area contributed by atoms with E-state index in [2.05, 4.69) is 10.6 Å². The summed E-state index contributed by atoms with van der Waals surface area (Å²) in [6, 6.07) is 5.55. The third-order valence-corrected chi connectivity index (χ3v) is 3.32. The number of hydrazine groups is 1. The summed E-state index contributed by atoms with van der Waals surface area (Å²) in [5.74, 6) is 5.70. The van der Waals surface area contributed by atoms with Gasteiger partial charge < -0.3 is 21.4 Å². The molecule has 1 heterocycles. The van der Waals surface area contributed by atoms with Gasteiger partial charge in [0.05, 0.1) is 17.4 Å². The number of hydrogen-bond donors (Lipinski definition) is 4. The molecule has 1 atom stereocenters. The third kappa shape index (κ3) is 3.36. The quantitative estimate of drug-likeness (QED) is 0.347. The van der Waals surface area contributed by atoms with Crippen molar-refractivity contribution in [3.63, 3.8) is 0 Å².